The first kappa shape index (κ1) is 45.1. The van der Waals surface area contributed by atoms with Crippen molar-refractivity contribution in [1.29, 1.82) is 0 Å². The van der Waals surface area contributed by atoms with E-state index in [-0.39, 0.29) is 4.90 Å². The molecule has 320 valence electrons. The summed E-state index contributed by atoms with van der Waals surface area (Å²) in [6.07, 6.45) is -13.0. The monoisotopic (exact) mass is 836 g/mol. The Bertz CT molecular complexity index is 1890. The maximum absolute atomic E-state index is 14.7. The van der Waals surface area contributed by atoms with E-state index in [1.807, 2.05) is 0 Å². The Labute approximate surface area is 316 Å². The van der Waals surface area contributed by atoms with Gasteiger partial charge in [0.2, 0.25) is 11.7 Å². The first-order valence-corrected chi connectivity index (χ1v) is 16.4. The second-order valence-corrected chi connectivity index (χ2v) is 14.0. The van der Waals surface area contributed by atoms with E-state index in [1.165, 1.54) is 0 Å². The highest BCUT2D eigenvalue weighted by molar-refractivity contribution is 5.77. The molecule has 2 aromatic rings. The molecule has 2 heterocycles. The number of piperazine rings is 1. The van der Waals surface area contributed by atoms with Gasteiger partial charge in [0.15, 0.2) is 23.0 Å². The Morgan fingerprint density at radius 2 is 1.25 bits per heavy atom. The zero-order valence-electron chi connectivity index (χ0n) is 30.5. The van der Waals surface area contributed by atoms with Gasteiger partial charge in [-0.2, -0.15) is 30.7 Å². The Hall–Kier alpha value is -4.63. The molecule has 2 aliphatic rings. The smallest absolute Gasteiger partial charge is 0.420 e. The summed E-state index contributed by atoms with van der Waals surface area (Å²) in [5.74, 6) is -24.4. The number of aliphatic hydroxyl groups is 7. The molecule has 4 atom stereocenters. The molecule has 3 amide bonds. The van der Waals surface area contributed by atoms with Crippen LogP contribution in [0, 0.1) is 19.7 Å². The van der Waals surface area contributed by atoms with Crippen LogP contribution in [0.2, 0.25) is 0 Å². The first-order chi connectivity index (χ1) is 25.5. The van der Waals surface area contributed by atoms with Crippen LogP contribution in [0.4, 0.5) is 35.5 Å². The Morgan fingerprint density at radius 3 is 1.68 bits per heavy atom. The lowest BCUT2D eigenvalue weighted by Gasteiger charge is -2.64. The van der Waals surface area contributed by atoms with E-state index in [4.69, 9.17) is 0 Å². The lowest BCUT2D eigenvalue weighted by molar-refractivity contribution is -0.570. The van der Waals surface area contributed by atoms with E-state index >= 15 is 0 Å². The number of aromatic hydroxyl groups is 5. The lowest BCUT2D eigenvalue weighted by Crippen LogP contribution is -2.91. The average Bonchev–Trinajstić information content (AvgIpc) is 3.03. The molecule has 12 N–H and O–H groups in total. The summed E-state index contributed by atoms with van der Waals surface area (Å²) < 4.78 is 98.9. The second kappa shape index (κ2) is 13.7. The number of alkyl halides is 6. The average molecular weight is 837 g/mol. The minimum absolute atomic E-state index is 0.129. The molecule has 4 rings (SSSR count). The Kier molecular flexibility index (Phi) is 10.9. The normalized spacial score (nSPS) is 24.4. The number of hydrogen-bond donors (Lipinski definition) is 12. The highest BCUT2D eigenvalue weighted by Crippen LogP contribution is 2.55. The van der Waals surface area contributed by atoms with Gasteiger partial charge in [0.1, 0.15) is 22.6 Å². The fourth-order valence-electron chi connectivity index (χ4n) is 7.67. The van der Waals surface area contributed by atoms with Crippen molar-refractivity contribution in [1.82, 2.24) is 19.6 Å². The maximum Gasteiger partial charge on any atom is 0.420 e. The number of hydrogen-bond acceptors (Lipinski definition) is 15. The summed E-state index contributed by atoms with van der Waals surface area (Å²) in [6.45, 7) is 2.17. The molecule has 2 fully saturated rings. The number of amides is 3. The van der Waals surface area contributed by atoms with Crippen molar-refractivity contribution in [2.24, 2.45) is 0 Å². The molecule has 0 aromatic heterocycles. The number of phenolic OH excluding ortho intramolecular Hbond substituents is 5. The summed E-state index contributed by atoms with van der Waals surface area (Å²) in [7, 11) is 0.776. The molecular formula is C32H39F7N4O14. The van der Waals surface area contributed by atoms with Crippen molar-refractivity contribution < 1.29 is 102 Å². The molecule has 25 heteroatoms. The van der Waals surface area contributed by atoms with E-state index in [0.717, 1.165) is 20.9 Å². The van der Waals surface area contributed by atoms with Gasteiger partial charge in [0.25, 0.3) is 5.91 Å². The minimum Gasteiger partial charge on any atom is -0.507 e. The van der Waals surface area contributed by atoms with Crippen LogP contribution >= 0.6 is 0 Å². The number of rotatable bonds is 4. The molecule has 2 aromatic carbocycles. The van der Waals surface area contributed by atoms with Crippen LogP contribution in [-0.2, 0) is 17.1 Å². The molecule has 0 aliphatic carbocycles. The standard InChI is InChI=1S/C32H39F7N4O14/c1-10-16(24(48)25(49)20(33)21(10)45)15-9-14(43-27(5,51)30(52,53)42(13(4)44)31(54,55)32(43,56)57)7-8-41(15)26(50)40(6)12(3)17-22(46)18(28(34,35)36)11(2)19(23(17)47)29(37,38)39/h12,14-15,45-49,51-57H,7-9H2,1-6H3. The quantitative estimate of drug-likeness (QED) is 0.0890. The van der Waals surface area contributed by atoms with Crippen LogP contribution in [0.3, 0.4) is 0 Å². The molecule has 0 spiro atoms. The van der Waals surface area contributed by atoms with Gasteiger partial charge >= 0.3 is 30.2 Å². The SMILES string of the molecule is CC(=O)N1C(O)(O)C(C)(O)N(C2CCN(C(=O)N(C)C(C)c3c(O)c(C(F)(F)F)c(C)c(C(F)(F)F)c3O)C(c3c(C)c(O)c(F)c(O)c3O)C2)C(O)(O)C1(O)O. The van der Waals surface area contributed by atoms with Crippen molar-refractivity contribution in [2.75, 3.05) is 13.6 Å². The van der Waals surface area contributed by atoms with E-state index < -0.39 is 158 Å². The number of nitrogens with zero attached hydrogens (tertiary/aromatic N) is 4. The van der Waals surface area contributed by atoms with Gasteiger partial charge in [-0.3, -0.25) is 4.79 Å². The van der Waals surface area contributed by atoms with Crippen LogP contribution in [0.5, 0.6) is 28.7 Å². The Balaban J connectivity index is 1.93. The van der Waals surface area contributed by atoms with Crippen LogP contribution < -0.4 is 0 Å². The summed E-state index contributed by atoms with van der Waals surface area (Å²) in [5.41, 5.74) is -12.4. The van der Waals surface area contributed by atoms with Gasteiger partial charge in [-0.15, -0.1) is 0 Å². The number of benzene rings is 2. The van der Waals surface area contributed by atoms with Crippen molar-refractivity contribution in [3.8, 4) is 28.7 Å². The molecule has 0 saturated carbocycles. The van der Waals surface area contributed by atoms with Gasteiger partial charge in [0, 0.05) is 37.7 Å². The minimum atomic E-state index is -5.64. The topological polar surface area (TPSA) is 290 Å². The summed E-state index contributed by atoms with van der Waals surface area (Å²) in [4.78, 5) is 26.7. The number of piperidine rings is 1. The molecule has 0 radical (unpaired) electrons. The van der Waals surface area contributed by atoms with E-state index in [1.54, 1.807) is 0 Å². The van der Waals surface area contributed by atoms with Gasteiger partial charge in [-0.1, -0.05) is 0 Å². The van der Waals surface area contributed by atoms with Crippen LogP contribution in [-0.4, -0.2) is 136 Å². The van der Waals surface area contributed by atoms with E-state index in [2.05, 4.69) is 0 Å². The first-order valence-electron chi connectivity index (χ1n) is 16.4. The van der Waals surface area contributed by atoms with Crippen molar-refractivity contribution >= 4 is 11.9 Å². The van der Waals surface area contributed by atoms with Crippen LogP contribution in [0.25, 0.3) is 0 Å². The van der Waals surface area contributed by atoms with Crippen molar-refractivity contribution in [2.45, 2.75) is 101 Å². The highest BCUT2D eigenvalue weighted by Gasteiger charge is 2.77. The van der Waals surface area contributed by atoms with Crippen LogP contribution in [0.15, 0.2) is 0 Å². The summed E-state index contributed by atoms with van der Waals surface area (Å²) in [5, 5.41) is 130. The number of halogens is 7. The molecule has 57 heavy (non-hydrogen) atoms. The number of urea groups is 1. The van der Waals surface area contributed by atoms with Gasteiger partial charge in [-0.05, 0) is 46.1 Å². The van der Waals surface area contributed by atoms with E-state index in [9.17, 15) is 102 Å². The number of carbonyl (C=O) groups excluding carboxylic acids is 2. The van der Waals surface area contributed by atoms with Crippen molar-refractivity contribution in [3.63, 3.8) is 0 Å². The zero-order chi connectivity index (χ0) is 44.2. The van der Waals surface area contributed by atoms with Gasteiger partial charge in [-0.25, -0.2) is 14.6 Å². The number of likely N-dealkylation sites (tertiary alicyclic amines) is 1. The fourth-order valence-corrected chi connectivity index (χ4v) is 7.67. The summed E-state index contributed by atoms with van der Waals surface area (Å²) in [6, 6.07) is -7.43. The second-order valence-electron chi connectivity index (χ2n) is 14.0. The third-order valence-corrected chi connectivity index (χ3v) is 10.6. The summed E-state index contributed by atoms with van der Waals surface area (Å²) >= 11 is 0. The lowest BCUT2D eigenvalue weighted by atomic mass is 9.84. The third-order valence-electron chi connectivity index (χ3n) is 10.6. The molecule has 18 nitrogen and oxygen atoms in total. The largest absolute Gasteiger partial charge is 0.507 e. The van der Waals surface area contributed by atoms with Gasteiger partial charge in [0.05, 0.1) is 17.6 Å². The fraction of sp³-hybridized carbons (Fsp3) is 0.562. The maximum atomic E-state index is 14.7. The number of carbonyl (C=O) groups is 2. The van der Waals surface area contributed by atoms with Crippen LogP contribution in [0.1, 0.15) is 79.1 Å². The molecule has 0 bridgehead atoms. The predicted octanol–water partition coefficient (Wildman–Crippen LogP) is 1.11. The van der Waals surface area contributed by atoms with Gasteiger partial charge < -0.3 is 71.1 Å². The number of phenols is 5. The Morgan fingerprint density at radius 1 is 0.772 bits per heavy atom. The zero-order valence-corrected chi connectivity index (χ0v) is 30.5. The predicted molar refractivity (Wildman–Crippen MR) is 171 cm³/mol. The molecule has 4 unspecified atom stereocenters. The van der Waals surface area contributed by atoms with E-state index in [0.29, 0.717) is 30.6 Å². The molecule has 2 aliphatic heterocycles. The molecular weight excluding hydrogens is 797 g/mol. The van der Waals surface area contributed by atoms with Crippen molar-refractivity contribution in [3.05, 3.63) is 39.2 Å². The highest BCUT2D eigenvalue weighted by atomic mass is 19.4. The third kappa shape index (κ3) is 6.54. The molecule has 2 saturated heterocycles.